The van der Waals surface area contributed by atoms with E-state index in [9.17, 15) is 17.6 Å². The van der Waals surface area contributed by atoms with Crippen molar-refractivity contribution in [3.63, 3.8) is 0 Å². The van der Waals surface area contributed by atoms with Gasteiger partial charge >= 0.3 is 0 Å². The summed E-state index contributed by atoms with van der Waals surface area (Å²) < 4.78 is 41.2. The minimum Gasteiger partial charge on any atom is -0.379 e. The number of hydrogen-bond donors (Lipinski definition) is 1. The first-order chi connectivity index (χ1) is 9.29. The van der Waals surface area contributed by atoms with Gasteiger partial charge in [-0.25, -0.2) is 12.8 Å². The number of nitrogens with one attached hydrogen (secondary N) is 1. The molecule has 1 aliphatic rings. The van der Waals surface area contributed by atoms with Crippen molar-refractivity contribution in [2.45, 2.75) is 17.4 Å². The predicted octanol–water partition coefficient (Wildman–Crippen LogP) is 2.03. The summed E-state index contributed by atoms with van der Waals surface area (Å²) in [5.41, 5.74) is -0.114. The molecule has 0 aliphatic carbocycles. The van der Waals surface area contributed by atoms with Gasteiger partial charge in [0, 0.05) is 22.9 Å². The molecule has 0 bridgehead atoms. The minimum absolute atomic E-state index is 0.114. The fourth-order valence-electron chi connectivity index (χ4n) is 1.79. The first-order valence-corrected chi connectivity index (χ1v) is 8.71. The number of rotatable bonds is 3. The lowest BCUT2D eigenvalue weighted by atomic mass is 10.2. The summed E-state index contributed by atoms with van der Waals surface area (Å²) in [6, 6.07) is 1.81. The molecule has 1 unspecified atom stereocenters. The maximum Gasteiger partial charge on any atom is 0.262 e. The summed E-state index contributed by atoms with van der Waals surface area (Å²) in [6.45, 7) is 0.923. The Kier molecular flexibility index (Phi) is 4.68. The highest BCUT2D eigenvalue weighted by Gasteiger charge is 2.23. The molecule has 0 spiro atoms. The second-order valence-corrected chi connectivity index (χ2v) is 7.57. The lowest BCUT2D eigenvalue weighted by Crippen LogP contribution is -2.35. The molecule has 0 saturated carbocycles. The van der Waals surface area contributed by atoms with Crippen LogP contribution in [0.1, 0.15) is 16.8 Å². The Balaban J connectivity index is 2.32. The zero-order chi connectivity index (χ0) is 14.9. The number of halogens is 3. The molecular formula is C11H10BrClFNO4S. The fourth-order valence-corrected chi connectivity index (χ4v) is 3.88. The smallest absolute Gasteiger partial charge is 0.262 e. The van der Waals surface area contributed by atoms with Crippen LogP contribution < -0.4 is 5.32 Å². The topological polar surface area (TPSA) is 72.5 Å². The van der Waals surface area contributed by atoms with E-state index in [4.69, 9.17) is 15.4 Å². The Hall–Kier alpha value is -0.700. The second kappa shape index (κ2) is 5.97. The molecular weight excluding hydrogens is 377 g/mol. The highest BCUT2D eigenvalue weighted by atomic mass is 79.9. The van der Waals surface area contributed by atoms with Crippen LogP contribution in [0, 0.1) is 5.82 Å². The van der Waals surface area contributed by atoms with Gasteiger partial charge in [0.05, 0.1) is 17.1 Å². The molecule has 2 rings (SSSR count). The van der Waals surface area contributed by atoms with Crippen LogP contribution >= 0.6 is 26.6 Å². The monoisotopic (exact) mass is 385 g/mol. The van der Waals surface area contributed by atoms with E-state index in [-0.39, 0.29) is 16.1 Å². The van der Waals surface area contributed by atoms with Gasteiger partial charge < -0.3 is 10.1 Å². The molecule has 1 fully saturated rings. The second-order valence-electron chi connectivity index (χ2n) is 4.24. The molecule has 110 valence electrons. The number of carbonyl (C=O) groups excluding carboxylic acids is 1. The fraction of sp³-hybridized carbons (Fsp3) is 0.364. The van der Waals surface area contributed by atoms with Crippen molar-refractivity contribution in [1.82, 2.24) is 5.32 Å². The zero-order valence-electron chi connectivity index (χ0n) is 10.0. The third kappa shape index (κ3) is 3.49. The van der Waals surface area contributed by atoms with Gasteiger partial charge in [-0.15, -0.1) is 0 Å². The van der Waals surface area contributed by atoms with Crippen molar-refractivity contribution in [3.8, 4) is 0 Å². The van der Waals surface area contributed by atoms with Gasteiger partial charge in [-0.1, -0.05) is 0 Å². The molecule has 9 heteroatoms. The van der Waals surface area contributed by atoms with Crippen molar-refractivity contribution in [2.75, 3.05) is 13.2 Å². The Morgan fingerprint density at radius 2 is 2.20 bits per heavy atom. The zero-order valence-corrected chi connectivity index (χ0v) is 13.2. The van der Waals surface area contributed by atoms with E-state index in [1.807, 2.05) is 0 Å². The van der Waals surface area contributed by atoms with E-state index in [2.05, 4.69) is 21.2 Å². The molecule has 1 heterocycles. The average molecular weight is 387 g/mol. The van der Waals surface area contributed by atoms with Crippen molar-refractivity contribution in [2.24, 2.45) is 0 Å². The van der Waals surface area contributed by atoms with E-state index in [0.717, 1.165) is 12.1 Å². The summed E-state index contributed by atoms with van der Waals surface area (Å²) in [7, 11) is 1.05. The van der Waals surface area contributed by atoms with Gasteiger partial charge in [-0.2, -0.15) is 0 Å². The molecule has 0 aromatic heterocycles. The Morgan fingerprint density at radius 3 is 2.75 bits per heavy atom. The number of benzene rings is 1. The third-order valence-electron chi connectivity index (χ3n) is 2.78. The molecule has 1 atom stereocenters. The molecule has 0 radical (unpaired) electrons. The highest BCUT2D eigenvalue weighted by molar-refractivity contribution is 9.10. The SMILES string of the molecule is O=C(NC1CCOC1)c1cc(F)c(Br)c(S(=O)(=O)Cl)c1. The Morgan fingerprint density at radius 1 is 1.50 bits per heavy atom. The van der Waals surface area contributed by atoms with Gasteiger partial charge in [-0.3, -0.25) is 4.79 Å². The van der Waals surface area contributed by atoms with Crippen molar-refractivity contribution in [3.05, 3.63) is 28.0 Å². The number of hydrogen-bond acceptors (Lipinski definition) is 4. The van der Waals surface area contributed by atoms with Crippen LogP contribution in [0.4, 0.5) is 4.39 Å². The van der Waals surface area contributed by atoms with E-state index >= 15 is 0 Å². The van der Waals surface area contributed by atoms with Gasteiger partial charge in [-0.05, 0) is 34.5 Å². The standard InChI is InChI=1S/C11H10BrClFNO4S/c12-10-8(14)3-6(4-9(10)20(13,17)18)11(16)15-7-1-2-19-5-7/h3-4,7H,1-2,5H2,(H,15,16). The first-order valence-electron chi connectivity index (χ1n) is 5.61. The maximum absolute atomic E-state index is 13.7. The number of ether oxygens (including phenoxy) is 1. The summed E-state index contributed by atoms with van der Waals surface area (Å²) in [5, 5.41) is 2.64. The lowest BCUT2D eigenvalue weighted by Gasteiger charge is -2.12. The summed E-state index contributed by atoms with van der Waals surface area (Å²) >= 11 is 2.80. The van der Waals surface area contributed by atoms with Crippen molar-refractivity contribution < 1.29 is 22.3 Å². The summed E-state index contributed by atoms with van der Waals surface area (Å²) in [5.74, 6) is -1.45. The molecule has 1 aliphatic heterocycles. The van der Waals surface area contributed by atoms with Crippen molar-refractivity contribution >= 4 is 41.6 Å². The molecule has 1 saturated heterocycles. The lowest BCUT2D eigenvalue weighted by molar-refractivity contribution is 0.0929. The van der Waals surface area contributed by atoms with Crippen LogP contribution in [-0.2, 0) is 13.8 Å². The van der Waals surface area contributed by atoms with Crippen LogP contribution in [0.3, 0.4) is 0 Å². The third-order valence-corrected chi connectivity index (χ3v) is 5.20. The van der Waals surface area contributed by atoms with Crippen LogP contribution in [0.5, 0.6) is 0 Å². The van der Waals surface area contributed by atoms with Crippen LogP contribution in [-0.4, -0.2) is 33.6 Å². The van der Waals surface area contributed by atoms with Gasteiger partial charge in [0.15, 0.2) is 0 Å². The van der Waals surface area contributed by atoms with E-state index in [1.165, 1.54) is 0 Å². The normalized spacial score (nSPS) is 19.1. The summed E-state index contributed by atoms with van der Waals surface area (Å²) in [6.07, 6.45) is 0.658. The maximum atomic E-state index is 13.7. The van der Waals surface area contributed by atoms with Gasteiger partial charge in [0.25, 0.3) is 15.0 Å². The molecule has 20 heavy (non-hydrogen) atoms. The first kappa shape index (κ1) is 15.7. The molecule has 1 N–H and O–H groups in total. The molecule has 1 amide bonds. The van der Waals surface area contributed by atoms with Crippen LogP contribution in [0.25, 0.3) is 0 Å². The Bertz CT molecular complexity index is 646. The number of carbonyl (C=O) groups is 1. The molecule has 5 nitrogen and oxygen atoms in total. The van der Waals surface area contributed by atoms with E-state index < -0.39 is 25.7 Å². The van der Waals surface area contributed by atoms with Crippen LogP contribution in [0.15, 0.2) is 21.5 Å². The van der Waals surface area contributed by atoms with E-state index in [1.54, 1.807) is 0 Å². The quantitative estimate of drug-likeness (QED) is 0.807. The largest absolute Gasteiger partial charge is 0.379 e. The van der Waals surface area contributed by atoms with Crippen molar-refractivity contribution in [1.29, 1.82) is 0 Å². The Labute approximate surface area is 128 Å². The minimum atomic E-state index is -4.16. The van der Waals surface area contributed by atoms with Gasteiger partial charge in [0.2, 0.25) is 0 Å². The highest BCUT2D eigenvalue weighted by Crippen LogP contribution is 2.29. The summed E-state index contributed by atoms with van der Waals surface area (Å²) in [4.78, 5) is 11.5. The average Bonchev–Trinajstić information content (AvgIpc) is 2.83. The molecule has 1 aromatic carbocycles. The van der Waals surface area contributed by atoms with E-state index in [0.29, 0.717) is 19.6 Å². The van der Waals surface area contributed by atoms with Gasteiger partial charge in [0.1, 0.15) is 10.7 Å². The van der Waals surface area contributed by atoms with Crippen LogP contribution in [0.2, 0.25) is 0 Å². The molecule has 1 aromatic rings. The predicted molar refractivity (Wildman–Crippen MR) is 73.8 cm³/mol. The number of amides is 1.